The van der Waals surface area contributed by atoms with Crippen LogP contribution in [0, 0.1) is 26.6 Å². The molecule has 0 aliphatic carbocycles. The fraction of sp³-hybridized carbons (Fsp3) is 0.548. The number of hydrogen-bond acceptors (Lipinski definition) is 5. The van der Waals surface area contributed by atoms with Crippen molar-refractivity contribution in [2.24, 2.45) is 0 Å². The van der Waals surface area contributed by atoms with Gasteiger partial charge in [0.05, 0.1) is 11.3 Å². The lowest BCUT2D eigenvalue weighted by Crippen LogP contribution is -2.43. The average Bonchev–Trinajstić information content (AvgIpc) is 3.37. The van der Waals surface area contributed by atoms with Crippen molar-refractivity contribution in [3.8, 4) is 16.9 Å². The van der Waals surface area contributed by atoms with Crippen molar-refractivity contribution in [2.75, 3.05) is 31.6 Å². The molecular weight excluding hydrogens is 513 g/mol. The highest BCUT2D eigenvalue weighted by atomic mass is 19.1. The molecule has 9 heteroatoms. The highest BCUT2D eigenvalue weighted by Crippen LogP contribution is 2.47. The molecule has 40 heavy (non-hydrogen) atoms. The van der Waals surface area contributed by atoms with Gasteiger partial charge in [0.1, 0.15) is 6.61 Å². The molecule has 3 heterocycles. The minimum Gasteiger partial charge on any atom is -0.486 e. The lowest BCUT2D eigenvalue weighted by Gasteiger charge is -2.31. The van der Waals surface area contributed by atoms with Crippen LogP contribution in [0.25, 0.3) is 11.1 Å². The number of carbonyl (C=O) groups excluding carboxylic acids is 1. The molecule has 1 unspecified atom stereocenters. The van der Waals surface area contributed by atoms with E-state index in [4.69, 9.17) is 9.47 Å². The Morgan fingerprint density at radius 1 is 1.02 bits per heavy atom. The van der Waals surface area contributed by atoms with Gasteiger partial charge in [-0.05, 0) is 106 Å². The molecule has 2 N–H and O–H groups in total. The van der Waals surface area contributed by atoms with Crippen LogP contribution in [0.3, 0.4) is 0 Å². The number of amides is 2. The Morgan fingerprint density at radius 2 is 1.68 bits per heavy atom. The number of carbonyl (C=O) groups is 2. The summed E-state index contributed by atoms with van der Waals surface area (Å²) in [5.41, 5.74) is 5.89. The maximum Gasteiger partial charge on any atom is 0.337 e. The molecule has 3 aliphatic heterocycles. The Labute approximate surface area is 235 Å². The molecule has 1 fully saturated rings. The number of hydrogen-bond donors (Lipinski definition) is 2. The maximum atomic E-state index is 15.5. The number of rotatable bonds is 4. The second-order valence-electron chi connectivity index (χ2n) is 12.1. The van der Waals surface area contributed by atoms with Crippen molar-refractivity contribution < 1.29 is 28.6 Å². The zero-order valence-electron chi connectivity index (χ0n) is 24.4. The number of aliphatic carboxylic acids is 1. The van der Waals surface area contributed by atoms with Crippen molar-refractivity contribution in [3.63, 3.8) is 0 Å². The van der Waals surface area contributed by atoms with Crippen molar-refractivity contribution in [2.45, 2.75) is 85.6 Å². The topological polar surface area (TPSA) is 91.3 Å². The van der Waals surface area contributed by atoms with Crippen molar-refractivity contribution in [1.82, 2.24) is 9.80 Å². The Hall–Kier alpha value is -3.33. The van der Waals surface area contributed by atoms with Gasteiger partial charge in [0.15, 0.2) is 17.7 Å². The van der Waals surface area contributed by atoms with Gasteiger partial charge in [-0.1, -0.05) is 0 Å². The van der Waals surface area contributed by atoms with E-state index in [-0.39, 0.29) is 11.8 Å². The van der Waals surface area contributed by atoms with Crippen LogP contribution in [-0.4, -0.2) is 58.7 Å². The SMILES string of the molecule is Cc1c(-c2c(C)c3c(c(C)c2C(OC(C)(C)C)C(=O)O)CN(C(=O)N2CCCCC2)C3)cc(F)c2c1NCCO2. The van der Waals surface area contributed by atoms with Crippen LogP contribution < -0.4 is 10.1 Å². The molecule has 0 aromatic heterocycles. The van der Waals surface area contributed by atoms with Gasteiger partial charge in [-0.3, -0.25) is 0 Å². The normalized spacial score (nSPS) is 17.6. The highest BCUT2D eigenvalue weighted by Gasteiger charge is 2.38. The number of fused-ring (bicyclic) bond motifs is 2. The molecule has 0 spiro atoms. The van der Waals surface area contributed by atoms with Gasteiger partial charge in [0.2, 0.25) is 0 Å². The molecule has 0 saturated carbocycles. The molecule has 3 aliphatic rings. The van der Waals surface area contributed by atoms with E-state index in [0.29, 0.717) is 48.6 Å². The first kappa shape index (κ1) is 28.2. The molecule has 1 atom stereocenters. The summed E-state index contributed by atoms with van der Waals surface area (Å²) in [4.78, 5) is 30.0. The van der Waals surface area contributed by atoms with E-state index in [1.165, 1.54) is 6.07 Å². The molecule has 2 aromatic carbocycles. The molecular formula is C31H40FN3O5. The summed E-state index contributed by atoms with van der Waals surface area (Å²) in [5.74, 6) is -1.43. The molecule has 2 amide bonds. The van der Waals surface area contributed by atoms with Crippen LogP contribution in [-0.2, 0) is 22.6 Å². The van der Waals surface area contributed by atoms with E-state index in [9.17, 15) is 14.7 Å². The van der Waals surface area contributed by atoms with Gasteiger partial charge in [0.25, 0.3) is 0 Å². The largest absolute Gasteiger partial charge is 0.486 e. The standard InChI is InChI=1S/C31H40FN3O5/c1-17-21-15-35(30(38)34-11-8-7-9-12-34)16-22(21)18(2)25(28(29(36)37)40-31(4,5)6)24(17)20-14-23(32)27-26(19(20)3)33-10-13-39-27/h14,28,33H,7-13,15-16H2,1-6H3,(H,36,37). The number of ether oxygens (including phenoxy) is 2. The molecule has 5 rings (SSSR count). The average molecular weight is 554 g/mol. The second-order valence-corrected chi connectivity index (χ2v) is 12.1. The minimum atomic E-state index is -1.28. The number of halogens is 1. The van der Waals surface area contributed by atoms with E-state index in [0.717, 1.165) is 60.2 Å². The summed E-state index contributed by atoms with van der Waals surface area (Å²) in [6.45, 7) is 14.5. The Morgan fingerprint density at radius 3 is 2.30 bits per heavy atom. The number of urea groups is 1. The maximum absolute atomic E-state index is 15.5. The van der Waals surface area contributed by atoms with Crippen molar-refractivity contribution in [3.05, 3.63) is 45.3 Å². The summed E-state index contributed by atoms with van der Waals surface area (Å²) in [6.07, 6.45) is 1.86. The molecule has 1 saturated heterocycles. The Balaban J connectivity index is 1.71. The highest BCUT2D eigenvalue weighted by molar-refractivity contribution is 5.88. The van der Waals surface area contributed by atoms with Crippen molar-refractivity contribution >= 4 is 17.7 Å². The minimum absolute atomic E-state index is 0.0101. The molecule has 0 radical (unpaired) electrons. The van der Waals surface area contributed by atoms with Crippen LogP contribution >= 0.6 is 0 Å². The predicted octanol–water partition coefficient (Wildman–Crippen LogP) is 6.08. The lowest BCUT2D eigenvalue weighted by molar-refractivity contribution is -0.160. The van der Waals surface area contributed by atoms with Crippen LogP contribution in [0.4, 0.5) is 14.9 Å². The van der Waals surface area contributed by atoms with Gasteiger partial charge < -0.3 is 29.7 Å². The van der Waals surface area contributed by atoms with Gasteiger partial charge in [-0.2, -0.15) is 0 Å². The Bertz CT molecular complexity index is 1360. The number of anilines is 1. The number of piperidine rings is 1. The fourth-order valence-corrected chi connectivity index (χ4v) is 6.37. The number of likely N-dealkylation sites (tertiary alicyclic amines) is 1. The van der Waals surface area contributed by atoms with Gasteiger partial charge in [-0.15, -0.1) is 0 Å². The number of carboxylic acid groups (broad SMARTS) is 1. The quantitative estimate of drug-likeness (QED) is 0.477. The molecule has 0 bridgehead atoms. The van der Waals surface area contributed by atoms with Crippen molar-refractivity contribution in [1.29, 1.82) is 0 Å². The molecule has 8 nitrogen and oxygen atoms in total. The summed E-state index contributed by atoms with van der Waals surface area (Å²) in [7, 11) is 0. The number of benzene rings is 2. The van der Waals surface area contributed by atoms with E-state index in [1.54, 1.807) is 0 Å². The van der Waals surface area contributed by atoms with Gasteiger partial charge in [0, 0.05) is 38.3 Å². The summed E-state index contributed by atoms with van der Waals surface area (Å²) >= 11 is 0. The smallest absolute Gasteiger partial charge is 0.337 e. The fourth-order valence-electron chi connectivity index (χ4n) is 6.37. The predicted molar refractivity (Wildman–Crippen MR) is 151 cm³/mol. The number of nitrogens with zero attached hydrogens (tertiary/aromatic N) is 2. The zero-order valence-corrected chi connectivity index (χ0v) is 24.4. The van der Waals surface area contributed by atoms with Gasteiger partial charge in [-0.25, -0.2) is 14.0 Å². The zero-order chi connectivity index (χ0) is 28.9. The lowest BCUT2D eigenvalue weighted by atomic mass is 9.81. The number of carboxylic acids is 1. The summed E-state index contributed by atoms with van der Waals surface area (Å²) in [6, 6.07) is 1.45. The number of nitrogens with one attached hydrogen (secondary N) is 1. The first-order valence-corrected chi connectivity index (χ1v) is 14.2. The third-order valence-corrected chi connectivity index (χ3v) is 8.28. The van der Waals surface area contributed by atoms with Crippen LogP contribution in [0.2, 0.25) is 0 Å². The first-order chi connectivity index (χ1) is 18.9. The van der Waals surface area contributed by atoms with Gasteiger partial charge >= 0.3 is 12.0 Å². The summed E-state index contributed by atoms with van der Waals surface area (Å²) < 4.78 is 27.3. The third-order valence-electron chi connectivity index (χ3n) is 8.28. The monoisotopic (exact) mass is 553 g/mol. The summed E-state index contributed by atoms with van der Waals surface area (Å²) in [5, 5.41) is 13.7. The molecule has 216 valence electrons. The third kappa shape index (κ3) is 5.00. The van der Waals surface area contributed by atoms with Crippen LogP contribution in [0.1, 0.15) is 79.5 Å². The Kier molecular flexibility index (Phi) is 7.46. The molecule has 2 aromatic rings. The van der Waals surface area contributed by atoms with E-state index >= 15 is 4.39 Å². The van der Waals surface area contributed by atoms with E-state index in [1.807, 2.05) is 51.3 Å². The van der Waals surface area contributed by atoms with Crippen LogP contribution in [0.5, 0.6) is 5.75 Å². The van der Waals surface area contributed by atoms with Crippen LogP contribution in [0.15, 0.2) is 6.07 Å². The first-order valence-electron chi connectivity index (χ1n) is 14.2. The van der Waals surface area contributed by atoms with E-state index < -0.39 is 23.5 Å². The second kappa shape index (κ2) is 10.6. The van der Waals surface area contributed by atoms with E-state index in [2.05, 4.69) is 5.32 Å².